The molecule has 1 atom stereocenters. The predicted octanol–water partition coefficient (Wildman–Crippen LogP) is 4.54. The van der Waals surface area contributed by atoms with Crippen molar-refractivity contribution in [1.29, 1.82) is 0 Å². The average molecular weight is 283 g/mol. The number of Topliss-reactive ketones (excluding diaryl/α,β-unsaturated/α-hetero) is 1. The minimum absolute atomic E-state index is 0.0827. The van der Waals surface area contributed by atoms with Crippen LogP contribution in [-0.4, -0.2) is 5.78 Å². The van der Waals surface area contributed by atoms with Crippen LogP contribution < -0.4 is 0 Å². The molecule has 0 radical (unpaired) electrons. The Labute approximate surface area is 106 Å². The Morgan fingerprint density at radius 2 is 1.69 bits per heavy atom. The van der Waals surface area contributed by atoms with E-state index in [1.165, 1.54) is 0 Å². The quantitative estimate of drug-likeness (QED) is 0.744. The fourth-order valence-corrected chi connectivity index (χ4v) is 2.05. The van der Waals surface area contributed by atoms with Gasteiger partial charge in [-0.2, -0.15) is 0 Å². The van der Waals surface area contributed by atoms with Crippen molar-refractivity contribution in [2.45, 2.75) is 34.6 Å². The highest BCUT2D eigenvalue weighted by atomic mass is 79.9. The highest BCUT2D eigenvalue weighted by Crippen LogP contribution is 2.25. The highest BCUT2D eigenvalue weighted by molar-refractivity contribution is 9.10. The topological polar surface area (TPSA) is 17.1 Å². The van der Waals surface area contributed by atoms with E-state index < -0.39 is 0 Å². The normalized spacial score (nSPS) is 12.9. The van der Waals surface area contributed by atoms with Crippen LogP contribution in [0.25, 0.3) is 0 Å². The van der Waals surface area contributed by atoms with Crippen molar-refractivity contribution in [1.82, 2.24) is 0 Å². The first-order chi connectivity index (χ1) is 7.34. The van der Waals surface area contributed by atoms with E-state index >= 15 is 0 Å². The molecule has 0 aliphatic carbocycles. The Bertz CT molecular complexity index is 407. The molecule has 0 heterocycles. The third-order valence-corrected chi connectivity index (χ3v) is 4.04. The Kier molecular flexibility index (Phi) is 4.31. The van der Waals surface area contributed by atoms with E-state index in [0.29, 0.717) is 5.92 Å². The molecule has 1 aromatic carbocycles. The Hall–Kier alpha value is -0.630. The van der Waals surface area contributed by atoms with Crippen molar-refractivity contribution in [2.75, 3.05) is 0 Å². The summed E-state index contributed by atoms with van der Waals surface area (Å²) in [7, 11) is 0. The van der Waals surface area contributed by atoms with Crippen LogP contribution in [0, 0.1) is 25.7 Å². The standard InChI is InChI=1S/C14H19BrO/c1-8(2)11(5)14(16)12-6-10(4)13(15)7-9(12)3/h6-8,11H,1-5H3. The molecule has 0 saturated carbocycles. The molecule has 16 heavy (non-hydrogen) atoms. The summed E-state index contributed by atoms with van der Waals surface area (Å²) in [5, 5.41) is 0. The molecule has 0 N–H and O–H groups in total. The summed E-state index contributed by atoms with van der Waals surface area (Å²) < 4.78 is 1.07. The van der Waals surface area contributed by atoms with E-state index in [1.807, 2.05) is 32.9 Å². The third kappa shape index (κ3) is 2.73. The van der Waals surface area contributed by atoms with E-state index in [0.717, 1.165) is 21.2 Å². The minimum atomic E-state index is 0.0827. The van der Waals surface area contributed by atoms with Gasteiger partial charge in [0.15, 0.2) is 5.78 Å². The maximum Gasteiger partial charge on any atom is 0.166 e. The van der Waals surface area contributed by atoms with Gasteiger partial charge in [0.1, 0.15) is 0 Å². The first kappa shape index (κ1) is 13.4. The van der Waals surface area contributed by atoms with Crippen molar-refractivity contribution < 1.29 is 4.79 Å². The molecule has 0 saturated heterocycles. The number of benzene rings is 1. The monoisotopic (exact) mass is 282 g/mol. The van der Waals surface area contributed by atoms with Gasteiger partial charge >= 0.3 is 0 Å². The summed E-state index contributed by atoms with van der Waals surface area (Å²) in [6.07, 6.45) is 0. The number of carbonyl (C=O) groups is 1. The molecule has 88 valence electrons. The van der Waals surface area contributed by atoms with E-state index in [1.54, 1.807) is 0 Å². The Balaban J connectivity index is 3.14. The maximum absolute atomic E-state index is 12.3. The first-order valence-corrected chi connectivity index (χ1v) is 6.44. The van der Waals surface area contributed by atoms with Crippen LogP contribution >= 0.6 is 15.9 Å². The zero-order valence-corrected chi connectivity index (χ0v) is 12.2. The molecule has 0 aliphatic rings. The molecular weight excluding hydrogens is 264 g/mol. The molecule has 0 bridgehead atoms. The van der Waals surface area contributed by atoms with Gasteiger partial charge in [-0.05, 0) is 43.0 Å². The summed E-state index contributed by atoms with van der Waals surface area (Å²) in [5.74, 6) is 0.721. The molecule has 0 spiro atoms. The fraction of sp³-hybridized carbons (Fsp3) is 0.500. The molecule has 2 heteroatoms. The molecule has 0 aromatic heterocycles. The van der Waals surface area contributed by atoms with Crippen LogP contribution in [-0.2, 0) is 0 Å². The van der Waals surface area contributed by atoms with E-state index in [9.17, 15) is 4.79 Å². The van der Waals surface area contributed by atoms with Crippen molar-refractivity contribution in [3.8, 4) is 0 Å². The largest absolute Gasteiger partial charge is 0.294 e. The number of hydrogen-bond acceptors (Lipinski definition) is 1. The van der Waals surface area contributed by atoms with Gasteiger partial charge < -0.3 is 0 Å². The molecule has 0 amide bonds. The highest BCUT2D eigenvalue weighted by Gasteiger charge is 2.20. The van der Waals surface area contributed by atoms with Crippen LogP contribution in [0.1, 0.15) is 42.3 Å². The number of aryl methyl sites for hydroxylation is 2. The van der Waals surface area contributed by atoms with Crippen LogP contribution in [0.15, 0.2) is 16.6 Å². The third-order valence-electron chi connectivity index (χ3n) is 3.18. The van der Waals surface area contributed by atoms with Crippen molar-refractivity contribution in [3.05, 3.63) is 33.3 Å². The molecule has 0 fully saturated rings. The van der Waals surface area contributed by atoms with Crippen LogP contribution in [0.5, 0.6) is 0 Å². The van der Waals surface area contributed by atoms with Crippen LogP contribution in [0.4, 0.5) is 0 Å². The predicted molar refractivity (Wildman–Crippen MR) is 71.9 cm³/mol. The average Bonchev–Trinajstić information content (AvgIpc) is 2.21. The number of carbonyl (C=O) groups excluding carboxylic acids is 1. The van der Waals surface area contributed by atoms with Gasteiger partial charge in [-0.1, -0.05) is 36.7 Å². The lowest BCUT2D eigenvalue weighted by Crippen LogP contribution is -2.18. The smallest absolute Gasteiger partial charge is 0.166 e. The molecule has 1 nitrogen and oxygen atoms in total. The number of halogens is 1. The lowest BCUT2D eigenvalue weighted by atomic mass is 9.87. The maximum atomic E-state index is 12.3. The summed E-state index contributed by atoms with van der Waals surface area (Å²) in [6.45, 7) is 10.2. The molecule has 1 aromatic rings. The number of rotatable bonds is 3. The Morgan fingerprint density at radius 1 is 1.12 bits per heavy atom. The molecule has 0 aliphatic heterocycles. The van der Waals surface area contributed by atoms with Gasteiger partial charge in [0.05, 0.1) is 0 Å². The van der Waals surface area contributed by atoms with Gasteiger partial charge in [-0.15, -0.1) is 0 Å². The van der Waals surface area contributed by atoms with Crippen LogP contribution in [0.2, 0.25) is 0 Å². The lowest BCUT2D eigenvalue weighted by molar-refractivity contribution is 0.0899. The van der Waals surface area contributed by atoms with Crippen molar-refractivity contribution >= 4 is 21.7 Å². The lowest BCUT2D eigenvalue weighted by Gasteiger charge is -2.16. The molecule has 1 unspecified atom stereocenters. The van der Waals surface area contributed by atoms with E-state index in [-0.39, 0.29) is 11.7 Å². The summed E-state index contributed by atoms with van der Waals surface area (Å²) in [4.78, 5) is 12.3. The SMILES string of the molecule is Cc1cc(C(=O)C(C)C(C)C)c(C)cc1Br. The van der Waals surface area contributed by atoms with Gasteiger partial charge in [0, 0.05) is 16.0 Å². The van der Waals surface area contributed by atoms with Gasteiger partial charge in [-0.3, -0.25) is 4.79 Å². The Morgan fingerprint density at radius 3 is 2.19 bits per heavy atom. The summed E-state index contributed by atoms with van der Waals surface area (Å²) >= 11 is 3.48. The summed E-state index contributed by atoms with van der Waals surface area (Å²) in [6, 6.07) is 4.01. The zero-order chi connectivity index (χ0) is 12.5. The van der Waals surface area contributed by atoms with E-state index in [4.69, 9.17) is 0 Å². The second-order valence-corrected chi connectivity index (χ2v) is 5.67. The second-order valence-electron chi connectivity index (χ2n) is 4.81. The fourth-order valence-electron chi connectivity index (χ4n) is 1.59. The molecular formula is C14H19BrO. The van der Waals surface area contributed by atoms with Crippen LogP contribution in [0.3, 0.4) is 0 Å². The van der Waals surface area contributed by atoms with Gasteiger partial charge in [0.25, 0.3) is 0 Å². The number of hydrogen-bond donors (Lipinski definition) is 0. The van der Waals surface area contributed by atoms with Crippen molar-refractivity contribution in [3.63, 3.8) is 0 Å². The minimum Gasteiger partial charge on any atom is -0.294 e. The summed E-state index contributed by atoms with van der Waals surface area (Å²) in [5.41, 5.74) is 3.03. The number of ketones is 1. The van der Waals surface area contributed by atoms with E-state index in [2.05, 4.69) is 29.8 Å². The second kappa shape index (κ2) is 5.13. The first-order valence-electron chi connectivity index (χ1n) is 5.65. The van der Waals surface area contributed by atoms with Gasteiger partial charge in [0.2, 0.25) is 0 Å². The molecule has 1 rings (SSSR count). The zero-order valence-electron chi connectivity index (χ0n) is 10.6. The van der Waals surface area contributed by atoms with Crippen molar-refractivity contribution in [2.24, 2.45) is 11.8 Å². The van der Waals surface area contributed by atoms with Gasteiger partial charge in [-0.25, -0.2) is 0 Å².